The molecule has 1 heterocycles. The summed E-state index contributed by atoms with van der Waals surface area (Å²) in [7, 11) is -3.81. The summed E-state index contributed by atoms with van der Waals surface area (Å²) >= 11 is 5.38. The molecule has 1 aromatic heterocycles. The lowest BCUT2D eigenvalue weighted by atomic mass is 9.86. The summed E-state index contributed by atoms with van der Waals surface area (Å²) in [6, 6.07) is 8.68. The monoisotopic (exact) mass is 558 g/mol. The van der Waals surface area contributed by atoms with Crippen molar-refractivity contribution in [3.8, 4) is 0 Å². The van der Waals surface area contributed by atoms with Gasteiger partial charge in [-0.15, -0.1) is 11.3 Å². The Hall–Kier alpha value is -1.22. The summed E-state index contributed by atoms with van der Waals surface area (Å²) in [5.74, 6) is -0.232. The van der Waals surface area contributed by atoms with Crippen LogP contribution in [0.25, 0.3) is 0 Å². The Bertz CT molecular complexity index is 1020. The van der Waals surface area contributed by atoms with Gasteiger partial charge in [0.25, 0.3) is 10.1 Å². The van der Waals surface area contributed by atoms with Gasteiger partial charge in [-0.1, -0.05) is 48.8 Å². The van der Waals surface area contributed by atoms with Crippen molar-refractivity contribution in [1.82, 2.24) is 0 Å². The Labute approximate surface area is 211 Å². The highest BCUT2D eigenvalue weighted by Crippen LogP contribution is 2.37. The van der Waals surface area contributed by atoms with Crippen molar-refractivity contribution in [2.24, 2.45) is 10.8 Å². The maximum Gasteiger partial charge on any atom is 0.311 e. The molecule has 0 fully saturated rings. The predicted octanol–water partition coefficient (Wildman–Crippen LogP) is 6.84. The van der Waals surface area contributed by atoms with Crippen LogP contribution in [0, 0.1) is 17.8 Å². The maximum atomic E-state index is 12.7. The van der Waals surface area contributed by atoms with Crippen LogP contribution >= 0.6 is 27.3 Å². The first-order chi connectivity index (χ1) is 15.2. The molecule has 0 spiro atoms. The van der Waals surface area contributed by atoms with Crippen molar-refractivity contribution in [2.45, 2.75) is 70.5 Å². The average Bonchev–Trinajstić information content (AvgIpc) is 3.13. The van der Waals surface area contributed by atoms with Crippen LogP contribution in [-0.4, -0.2) is 27.6 Å². The van der Waals surface area contributed by atoms with E-state index in [1.54, 1.807) is 35.6 Å². The van der Waals surface area contributed by atoms with E-state index in [0.29, 0.717) is 13.0 Å². The van der Waals surface area contributed by atoms with Crippen molar-refractivity contribution in [3.05, 3.63) is 51.7 Å². The number of benzene rings is 1. The number of ether oxygens (including phenoxy) is 1. The minimum atomic E-state index is -3.81. The molecule has 1 aromatic carbocycles. The highest BCUT2D eigenvalue weighted by Gasteiger charge is 2.32. The second-order valence-electron chi connectivity index (χ2n) is 10.2. The van der Waals surface area contributed by atoms with Crippen LogP contribution in [0.3, 0.4) is 0 Å². The molecule has 0 radical (unpaired) electrons. The predicted molar refractivity (Wildman–Crippen MR) is 137 cm³/mol. The molecule has 184 valence electrons. The number of alkyl halides is 1. The normalized spacial score (nSPS) is 13.7. The fourth-order valence-corrected chi connectivity index (χ4v) is 6.25. The SMILES string of the molecule is Cc1ccsc1CCCOC(=O)C(C)(C)CC(Br)c1ccc(S(=O)(=O)OCC(C)(C)C)cc1. The van der Waals surface area contributed by atoms with Gasteiger partial charge in [0.15, 0.2) is 0 Å². The number of hydrogen-bond acceptors (Lipinski definition) is 6. The molecule has 0 aliphatic rings. The quantitative estimate of drug-likeness (QED) is 0.131. The maximum absolute atomic E-state index is 12.7. The van der Waals surface area contributed by atoms with Crippen LogP contribution < -0.4 is 0 Å². The number of hydrogen-bond donors (Lipinski definition) is 0. The summed E-state index contributed by atoms with van der Waals surface area (Å²) in [5.41, 5.74) is 1.23. The van der Waals surface area contributed by atoms with E-state index in [2.05, 4.69) is 34.3 Å². The van der Waals surface area contributed by atoms with Crippen molar-refractivity contribution in [1.29, 1.82) is 0 Å². The van der Waals surface area contributed by atoms with Gasteiger partial charge < -0.3 is 4.74 Å². The molecule has 5 nitrogen and oxygen atoms in total. The Balaban J connectivity index is 1.89. The van der Waals surface area contributed by atoms with Crippen LogP contribution in [-0.2, 0) is 30.3 Å². The standard InChI is InChI=1S/C25H35BrO5S2/c1-18-13-15-32-22(18)8-7-14-30-23(27)25(5,6)16-21(26)19-9-11-20(12-10-19)33(28,29)31-17-24(2,3)4/h9-13,15,21H,7-8,14,16-17H2,1-6H3. The van der Waals surface area contributed by atoms with Gasteiger partial charge in [0.05, 0.1) is 23.5 Å². The molecule has 1 atom stereocenters. The number of carbonyl (C=O) groups excluding carboxylic acids is 1. The lowest BCUT2D eigenvalue weighted by Gasteiger charge is -2.25. The molecular formula is C25H35BrO5S2. The van der Waals surface area contributed by atoms with Crippen LogP contribution in [0.5, 0.6) is 0 Å². The lowest BCUT2D eigenvalue weighted by Crippen LogP contribution is -2.28. The highest BCUT2D eigenvalue weighted by molar-refractivity contribution is 9.09. The van der Waals surface area contributed by atoms with Gasteiger partial charge >= 0.3 is 5.97 Å². The molecule has 33 heavy (non-hydrogen) atoms. The van der Waals surface area contributed by atoms with Crippen LogP contribution in [0.15, 0.2) is 40.6 Å². The zero-order valence-corrected chi connectivity index (χ0v) is 23.5. The Morgan fingerprint density at radius 2 is 1.73 bits per heavy atom. The van der Waals surface area contributed by atoms with Crippen molar-refractivity contribution >= 4 is 43.4 Å². The first kappa shape index (κ1) is 28.0. The van der Waals surface area contributed by atoms with Gasteiger partial charge in [-0.25, -0.2) is 0 Å². The fourth-order valence-electron chi connectivity index (χ4n) is 3.07. The minimum Gasteiger partial charge on any atom is -0.465 e. The minimum absolute atomic E-state index is 0.112. The van der Waals surface area contributed by atoms with Crippen LogP contribution in [0.4, 0.5) is 0 Å². The van der Waals surface area contributed by atoms with Gasteiger partial charge in [0.1, 0.15) is 0 Å². The van der Waals surface area contributed by atoms with Gasteiger partial charge in [0.2, 0.25) is 0 Å². The summed E-state index contributed by atoms with van der Waals surface area (Å²) in [4.78, 5) is 14.0. The van der Waals surface area contributed by atoms with Crippen LogP contribution in [0.1, 0.15) is 68.3 Å². The first-order valence-electron chi connectivity index (χ1n) is 11.0. The van der Waals surface area contributed by atoms with Gasteiger partial charge in [-0.05, 0) is 80.2 Å². The van der Waals surface area contributed by atoms with E-state index in [0.717, 1.165) is 18.4 Å². The lowest BCUT2D eigenvalue weighted by molar-refractivity contribution is -0.154. The number of aryl methyl sites for hydroxylation is 2. The van der Waals surface area contributed by atoms with E-state index >= 15 is 0 Å². The van der Waals surface area contributed by atoms with Gasteiger partial charge in [-0.3, -0.25) is 8.98 Å². The molecule has 2 aromatic rings. The molecule has 0 amide bonds. The van der Waals surface area contributed by atoms with Crippen molar-refractivity contribution in [3.63, 3.8) is 0 Å². The van der Waals surface area contributed by atoms with E-state index in [1.807, 2.05) is 34.6 Å². The third-order valence-corrected chi connectivity index (χ3v) is 8.38. The Morgan fingerprint density at radius 1 is 1.09 bits per heavy atom. The van der Waals surface area contributed by atoms with E-state index in [-0.39, 0.29) is 27.7 Å². The van der Waals surface area contributed by atoms with Crippen LogP contribution in [0.2, 0.25) is 0 Å². The topological polar surface area (TPSA) is 69.7 Å². The second kappa shape index (κ2) is 11.5. The van der Waals surface area contributed by atoms with E-state index in [1.165, 1.54) is 10.4 Å². The molecule has 0 saturated carbocycles. The summed E-state index contributed by atoms with van der Waals surface area (Å²) in [6.45, 7) is 12.1. The van der Waals surface area contributed by atoms with Gasteiger partial charge in [-0.2, -0.15) is 8.42 Å². The van der Waals surface area contributed by atoms with Crippen molar-refractivity contribution < 1.29 is 22.1 Å². The van der Waals surface area contributed by atoms with E-state index in [9.17, 15) is 13.2 Å². The molecule has 0 aliphatic carbocycles. The number of rotatable bonds is 11. The summed E-state index contributed by atoms with van der Waals surface area (Å²) < 4.78 is 35.5. The number of thiophene rings is 1. The molecule has 8 heteroatoms. The molecule has 0 N–H and O–H groups in total. The Kier molecular flexibility index (Phi) is 9.74. The molecule has 0 saturated heterocycles. The summed E-state index contributed by atoms with van der Waals surface area (Å²) in [5, 5.41) is 2.08. The van der Waals surface area contributed by atoms with E-state index in [4.69, 9.17) is 8.92 Å². The number of esters is 1. The first-order valence-corrected chi connectivity index (χ1v) is 14.3. The zero-order valence-electron chi connectivity index (χ0n) is 20.3. The van der Waals surface area contributed by atoms with Gasteiger partial charge in [0, 0.05) is 9.70 Å². The highest BCUT2D eigenvalue weighted by atomic mass is 79.9. The molecule has 2 rings (SSSR count). The molecule has 0 bridgehead atoms. The number of halogens is 1. The summed E-state index contributed by atoms with van der Waals surface area (Å²) in [6.07, 6.45) is 2.23. The smallest absolute Gasteiger partial charge is 0.311 e. The average molecular weight is 560 g/mol. The third kappa shape index (κ3) is 8.81. The number of carbonyl (C=O) groups is 1. The van der Waals surface area contributed by atoms with E-state index < -0.39 is 15.5 Å². The molecule has 1 unspecified atom stereocenters. The zero-order chi connectivity index (χ0) is 24.9. The molecular weight excluding hydrogens is 524 g/mol. The largest absolute Gasteiger partial charge is 0.465 e. The Morgan fingerprint density at radius 3 is 2.27 bits per heavy atom. The fraction of sp³-hybridized carbons (Fsp3) is 0.560. The second-order valence-corrected chi connectivity index (χ2v) is 13.9. The van der Waals surface area contributed by atoms with Crippen molar-refractivity contribution in [2.75, 3.05) is 13.2 Å². The molecule has 0 aliphatic heterocycles. The third-order valence-electron chi connectivity index (χ3n) is 5.17.